The summed E-state index contributed by atoms with van der Waals surface area (Å²) in [7, 11) is 0. The van der Waals surface area contributed by atoms with Gasteiger partial charge in [-0.3, -0.25) is 0 Å². The SMILES string of the molecule is CC1(C)c2ccccc2-c2c(N(c3ccc4oc5ccccc5c4c3)c3ccc(-c4ccc5c(c4)c4ccccc4n5-c4ccccc4)c4oc5ccccc5c34)cccc21.CC1(C)c2ccccc2-c2ccc(N(c3cccc4c3-c3ccccc3C4(C)C)c3ccc(-c4ccc5c(c4)c4ccccc4n5-c4ccccc4)c4oc5ccccc5c34)cc21. The Morgan fingerprint density at radius 3 is 1.09 bits per heavy atom. The van der Waals surface area contributed by atoms with Gasteiger partial charge in [-0.2, -0.15) is 0 Å². The molecule has 0 radical (unpaired) electrons. The zero-order valence-corrected chi connectivity index (χ0v) is 69.5. The van der Waals surface area contributed by atoms with Gasteiger partial charge in [0.1, 0.15) is 33.5 Å². The normalized spacial score (nSPS) is 13.8. The van der Waals surface area contributed by atoms with E-state index in [1.165, 1.54) is 110 Å². The summed E-state index contributed by atoms with van der Waals surface area (Å²) in [5, 5.41) is 11.4. The first-order chi connectivity index (χ1) is 60.8. The summed E-state index contributed by atoms with van der Waals surface area (Å²) in [6, 6.07) is 141. The van der Waals surface area contributed by atoms with Gasteiger partial charge < -0.3 is 32.2 Å². The van der Waals surface area contributed by atoms with Crippen LogP contribution in [0, 0.1) is 0 Å². The van der Waals surface area contributed by atoms with Crippen LogP contribution in [0.2, 0.25) is 0 Å². The molecule has 3 aliphatic carbocycles. The number of fused-ring (bicyclic) bond motifs is 24. The quantitative estimate of drug-likeness (QED) is 0.137. The van der Waals surface area contributed by atoms with E-state index in [-0.39, 0.29) is 16.2 Å². The summed E-state index contributed by atoms with van der Waals surface area (Å²) >= 11 is 0. The Labute approximate surface area is 717 Å². The Hall–Kier alpha value is -15.4. The lowest BCUT2D eigenvalue weighted by molar-refractivity contribution is 0.660. The average molecular weight is 1590 g/mol. The third kappa shape index (κ3) is 10.4. The molecule has 3 aliphatic rings. The fraction of sp³-hybridized carbons (Fsp3) is 0.0769. The molecule has 0 aliphatic heterocycles. The molecule has 18 aromatic carbocycles. The van der Waals surface area contributed by atoms with Gasteiger partial charge in [0.05, 0.1) is 55.6 Å². The van der Waals surface area contributed by atoms with Crippen molar-refractivity contribution >= 4 is 144 Å². The van der Waals surface area contributed by atoms with Crippen LogP contribution in [0.5, 0.6) is 0 Å². The molecule has 5 aromatic heterocycles. The number of aromatic nitrogens is 2. The predicted molar refractivity (Wildman–Crippen MR) is 516 cm³/mol. The Morgan fingerprint density at radius 1 is 0.218 bits per heavy atom. The largest absolute Gasteiger partial charge is 0.456 e. The van der Waals surface area contributed by atoms with E-state index in [0.717, 1.165) is 134 Å². The molecule has 0 bridgehead atoms. The van der Waals surface area contributed by atoms with E-state index in [4.69, 9.17) is 13.3 Å². The van der Waals surface area contributed by atoms with Gasteiger partial charge in [0.25, 0.3) is 0 Å². The highest BCUT2D eigenvalue weighted by Gasteiger charge is 2.42. The van der Waals surface area contributed by atoms with Crippen molar-refractivity contribution in [2.24, 2.45) is 0 Å². The lowest BCUT2D eigenvalue weighted by Crippen LogP contribution is -2.17. The van der Waals surface area contributed by atoms with Crippen molar-refractivity contribution in [3.8, 4) is 67.0 Å². The van der Waals surface area contributed by atoms with Crippen molar-refractivity contribution in [2.45, 2.75) is 57.8 Å². The standard InChI is InChI=1S/C60H44N2O.C57H38N2O2/c1-59(2)48-24-13-9-21-44(48)56-49(59)25-16-27-53(56)62(39-30-31-42-41-19-8-12-23-47(41)60(3,4)50(42)36-39)54-34-32-40(58-57(54)45-22-11-15-28-55(45)63-58)37-29-33-52-46(35-37)43-20-10-14-26-51(43)61(52)38-17-6-5-7-18-38;1-57(2)45-21-10-6-19-41(45)54-46(57)22-14-24-49(54)59(37-28-32-53-44(34-37)40-18-8-12-25-51(40)60-53)50-31-29-38(56-55(50)42-20-9-13-26-52(42)61-56)35-27-30-48-43(33-35)39-17-7-11-23-47(39)58(48)36-15-4-3-5-16-36/h5-36H,1-4H3;3-34H,1-2H3. The number of hydrogen-bond donors (Lipinski definition) is 0. The lowest BCUT2D eigenvalue weighted by Gasteiger charge is -2.31. The molecule has 5 heterocycles. The van der Waals surface area contributed by atoms with Crippen LogP contribution < -0.4 is 9.80 Å². The highest BCUT2D eigenvalue weighted by Crippen LogP contribution is 2.60. The van der Waals surface area contributed by atoms with Gasteiger partial charge in [-0.05, 0) is 212 Å². The second-order valence-electron chi connectivity index (χ2n) is 35.3. The molecule has 0 N–H and O–H groups in total. The van der Waals surface area contributed by atoms with Gasteiger partial charge in [0.15, 0.2) is 0 Å². The molecule has 588 valence electrons. The van der Waals surface area contributed by atoms with Crippen molar-refractivity contribution < 1.29 is 13.3 Å². The number of nitrogens with zero attached hydrogens (tertiary/aromatic N) is 4. The summed E-state index contributed by atoms with van der Waals surface area (Å²) in [6.45, 7) is 14.2. The number of para-hydroxylation sites is 7. The van der Waals surface area contributed by atoms with E-state index in [1.54, 1.807) is 0 Å². The topological polar surface area (TPSA) is 55.8 Å². The minimum Gasteiger partial charge on any atom is -0.456 e. The van der Waals surface area contributed by atoms with Gasteiger partial charge in [-0.15, -0.1) is 0 Å². The summed E-state index contributed by atoms with van der Waals surface area (Å²) < 4.78 is 25.2. The van der Waals surface area contributed by atoms with E-state index in [9.17, 15) is 0 Å². The first kappa shape index (κ1) is 71.5. The Balaban J connectivity index is 0.000000136. The van der Waals surface area contributed by atoms with Crippen LogP contribution in [-0.2, 0) is 16.2 Å². The fourth-order valence-electron chi connectivity index (χ4n) is 21.8. The molecule has 26 rings (SSSR count). The van der Waals surface area contributed by atoms with Crippen LogP contribution >= 0.6 is 0 Å². The van der Waals surface area contributed by atoms with Crippen molar-refractivity contribution in [1.82, 2.24) is 9.13 Å². The summed E-state index contributed by atoms with van der Waals surface area (Å²) in [6.07, 6.45) is 0. The van der Waals surface area contributed by atoms with E-state index in [1.807, 2.05) is 12.1 Å². The summed E-state index contributed by atoms with van der Waals surface area (Å²) in [5.41, 5.74) is 38.5. The van der Waals surface area contributed by atoms with Crippen LogP contribution in [0.15, 0.2) is 401 Å². The smallest absolute Gasteiger partial charge is 0.145 e. The summed E-state index contributed by atoms with van der Waals surface area (Å²) in [5.74, 6) is 0. The van der Waals surface area contributed by atoms with Crippen molar-refractivity contribution in [2.75, 3.05) is 9.80 Å². The molecular weight excluding hydrogens is 1510 g/mol. The second kappa shape index (κ2) is 26.8. The van der Waals surface area contributed by atoms with E-state index < -0.39 is 0 Å². The van der Waals surface area contributed by atoms with Gasteiger partial charge in [-0.1, -0.05) is 284 Å². The molecule has 7 nitrogen and oxygen atoms in total. The number of rotatable bonds is 10. The van der Waals surface area contributed by atoms with Gasteiger partial charge in [0, 0.05) is 104 Å². The van der Waals surface area contributed by atoms with Crippen LogP contribution in [0.4, 0.5) is 34.1 Å². The zero-order valence-electron chi connectivity index (χ0n) is 69.5. The summed E-state index contributed by atoms with van der Waals surface area (Å²) in [4.78, 5) is 4.99. The molecule has 0 atom stereocenters. The molecule has 124 heavy (non-hydrogen) atoms. The maximum Gasteiger partial charge on any atom is 0.145 e. The van der Waals surface area contributed by atoms with Gasteiger partial charge in [-0.25, -0.2) is 0 Å². The van der Waals surface area contributed by atoms with Crippen LogP contribution in [-0.4, -0.2) is 9.13 Å². The van der Waals surface area contributed by atoms with Crippen molar-refractivity contribution in [3.63, 3.8) is 0 Å². The van der Waals surface area contributed by atoms with Crippen molar-refractivity contribution in [3.05, 3.63) is 422 Å². The first-order valence-electron chi connectivity index (χ1n) is 43.1. The minimum absolute atomic E-state index is 0.154. The third-order valence-corrected chi connectivity index (χ3v) is 27.6. The van der Waals surface area contributed by atoms with Gasteiger partial charge in [0.2, 0.25) is 0 Å². The molecule has 0 amide bonds. The van der Waals surface area contributed by atoms with E-state index >= 15 is 0 Å². The van der Waals surface area contributed by atoms with Crippen molar-refractivity contribution in [1.29, 1.82) is 0 Å². The Bertz CT molecular complexity index is 8430. The van der Waals surface area contributed by atoms with Crippen LogP contribution in [0.3, 0.4) is 0 Å². The molecule has 0 fully saturated rings. The molecule has 0 saturated carbocycles. The maximum atomic E-state index is 7.07. The predicted octanol–water partition coefficient (Wildman–Crippen LogP) is 32.5. The molecule has 0 spiro atoms. The number of anilines is 6. The van der Waals surface area contributed by atoms with Gasteiger partial charge >= 0.3 is 0 Å². The molecule has 0 saturated heterocycles. The van der Waals surface area contributed by atoms with E-state index in [2.05, 4.69) is 437 Å². The highest BCUT2D eigenvalue weighted by atomic mass is 16.3. The molecular formula is C117H82N4O3. The first-order valence-corrected chi connectivity index (χ1v) is 43.1. The highest BCUT2D eigenvalue weighted by molar-refractivity contribution is 6.22. The lowest BCUT2D eigenvalue weighted by atomic mass is 9.82. The monoisotopic (exact) mass is 1590 g/mol. The van der Waals surface area contributed by atoms with Crippen LogP contribution in [0.25, 0.3) is 176 Å². The fourth-order valence-corrected chi connectivity index (χ4v) is 21.8. The number of hydrogen-bond acceptors (Lipinski definition) is 5. The number of furan rings is 3. The molecule has 0 unspecified atom stereocenters. The van der Waals surface area contributed by atoms with Crippen LogP contribution in [0.1, 0.15) is 74.9 Å². The Kier molecular flexibility index (Phi) is 15.4. The molecule has 7 heteroatoms. The average Bonchev–Trinajstić information content (AvgIpc) is 1.55. The zero-order chi connectivity index (χ0) is 82.6. The minimum atomic E-state index is -0.165. The van der Waals surface area contributed by atoms with E-state index in [0.29, 0.717) is 0 Å². The maximum absolute atomic E-state index is 7.07. The second-order valence-corrected chi connectivity index (χ2v) is 35.3. The third-order valence-electron chi connectivity index (χ3n) is 27.6. The number of benzene rings is 18. The Morgan fingerprint density at radius 2 is 0.581 bits per heavy atom. The molecule has 23 aromatic rings.